The third-order valence-electron chi connectivity index (χ3n) is 2.86. The van der Waals surface area contributed by atoms with E-state index in [0.29, 0.717) is 0 Å². The lowest BCUT2D eigenvalue weighted by Crippen LogP contribution is -2.29. The Labute approximate surface area is 110 Å². The topological polar surface area (TPSA) is 62.9 Å². The van der Waals surface area contributed by atoms with Gasteiger partial charge in [0.1, 0.15) is 11.6 Å². The number of nitrogens with zero attached hydrogens (tertiary/aromatic N) is 2. The van der Waals surface area contributed by atoms with E-state index >= 15 is 0 Å². The summed E-state index contributed by atoms with van der Waals surface area (Å²) in [4.78, 5) is 11.2. The Bertz CT molecular complexity index is 345. The molecule has 0 aromatic heterocycles. The van der Waals surface area contributed by atoms with Crippen molar-refractivity contribution in [3.8, 4) is 0 Å². The first kappa shape index (κ1) is 16.7. The van der Waals surface area contributed by atoms with E-state index in [1.165, 1.54) is 0 Å². The maximum absolute atomic E-state index is 6.28. The van der Waals surface area contributed by atoms with Crippen molar-refractivity contribution in [1.82, 2.24) is 10.4 Å². The molecule has 0 amide bonds. The standard InChI is InChI=1S/C13H26N4O/c1-8-11(10(3)18-16-5)12(14)9(2)13(15-4)17(6)7/h12,16H,4,8,14H2,1-3,5-7H3/b11-10+,13-9+. The second-order valence-corrected chi connectivity index (χ2v) is 4.28. The lowest BCUT2D eigenvalue weighted by Gasteiger charge is -2.23. The number of nitrogens with one attached hydrogen (secondary N) is 1. The Balaban J connectivity index is 5.41. The Morgan fingerprint density at radius 1 is 1.44 bits per heavy atom. The molecule has 0 aliphatic carbocycles. The molecule has 0 aromatic rings. The molecule has 0 aliphatic rings. The summed E-state index contributed by atoms with van der Waals surface area (Å²) in [7, 11) is 5.57. The van der Waals surface area contributed by atoms with Crippen LogP contribution in [0, 0.1) is 0 Å². The second-order valence-electron chi connectivity index (χ2n) is 4.28. The summed E-state index contributed by atoms with van der Waals surface area (Å²) in [5.74, 6) is 1.60. The number of nitrogens with two attached hydrogens (primary N) is 1. The van der Waals surface area contributed by atoms with Gasteiger partial charge in [-0.3, -0.25) is 0 Å². The lowest BCUT2D eigenvalue weighted by molar-refractivity contribution is 0.124. The van der Waals surface area contributed by atoms with Crippen molar-refractivity contribution in [2.45, 2.75) is 33.2 Å². The van der Waals surface area contributed by atoms with Crippen molar-refractivity contribution in [3.63, 3.8) is 0 Å². The molecule has 0 rings (SSSR count). The van der Waals surface area contributed by atoms with E-state index in [-0.39, 0.29) is 6.04 Å². The Kier molecular flexibility index (Phi) is 7.31. The largest absolute Gasteiger partial charge is 0.414 e. The van der Waals surface area contributed by atoms with E-state index in [2.05, 4.69) is 24.1 Å². The predicted octanol–water partition coefficient (Wildman–Crippen LogP) is 1.64. The minimum atomic E-state index is -0.216. The van der Waals surface area contributed by atoms with Crippen LogP contribution in [0.4, 0.5) is 0 Å². The summed E-state index contributed by atoms with van der Waals surface area (Å²) in [6, 6.07) is -0.216. The van der Waals surface area contributed by atoms with Gasteiger partial charge in [-0.15, -0.1) is 0 Å². The van der Waals surface area contributed by atoms with E-state index in [1.54, 1.807) is 7.05 Å². The van der Waals surface area contributed by atoms with Gasteiger partial charge in [-0.1, -0.05) is 6.92 Å². The molecule has 1 atom stereocenters. The van der Waals surface area contributed by atoms with Gasteiger partial charge in [0.2, 0.25) is 0 Å². The summed E-state index contributed by atoms with van der Waals surface area (Å²) in [6.45, 7) is 9.52. The highest BCUT2D eigenvalue weighted by Crippen LogP contribution is 2.21. The van der Waals surface area contributed by atoms with Gasteiger partial charge < -0.3 is 15.5 Å². The second kappa shape index (κ2) is 7.89. The monoisotopic (exact) mass is 254 g/mol. The average Bonchev–Trinajstić information content (AvgIpc) is 2.30. The third-order valence-corrected chi connectivity index (χ3v) is 2.86. The molecule has 18 heavy (non-hydrogen) atoms. The van der Waals surface area contributed by atoms with Crippen LogP contribution in [0.1, 0.15) is 27.2 Å². The van der Waals surface area contributed by atoms with Crippen LogP contribution in [0.2, 0.25) is 0 Å². The molecule has 5 heteroatoms. The van der Waals surface area contributed by atoms with Crippen molar-refractivity contribution in [2.75, 3.05) is 21.1 Å². The van der Waals surface area contributed by atoms with Crippen molar-refractivity contribution in [2.24, 2.45) is 10.7 Å². The molecule has 1 unspecified atom stereocenters. The van der Waals surface area contributed by atoms with Gasteiger partial charge in [-0.2, -0.15) is 5.48 Å². The molecule has 0 radical (unpaired) electrons. The Morgan fingerprint density at radius 2 is 2.00 bits per heavy atom. The minimum Gasteiger partial charge on any atom is -0.414 e. The normalized spacial score (nSPS) is 15.5. The van der Waals surface area contributed by atoms with E-state index in [4.69, 9.17) is 10.6 Å². The number of allylic oxidation sites excluding steroid dienone is 1. The van der Waals surface area contributed by atoms with Gasteiger partial charge in [0.05, 0.1) is 6.04 Å². The molecule has 104 valence electrons. The van der Waals surface area contributed by atoms with Crippen molar-refractivity contribution >= 4 is 6.72 Å². The fourth-order valence-electron chi connectivity index (χ4n) is 1.93. The molecule has 0 fully saturated rings. The molecule has 5 nitrogen and oxygen atoms in total. The zero-order valence-corrected chi connectivity index (χ0v) is 12.4. The van der Waals surface area contributed by atoms with Crippen molar-refractivity contribution < 1.29 is 4.84 Å². The molecule has 0 saturated carbocycles. The number of hydroxylamine groups is 1. The summed E-state index contributed by atoms with van der Waals surface area (Å²) >= 11 is 0. The van der Waals surface area contributed by atoms with Crippen LogP contribution in [0.25, 0.3) is 0 Å². The minimum absolute atomic E-state index is 0.216. The fraction of sp³-hybridized carbons (Fsp3) is 0.615. The number of aliphatic imine (C=N–C) groups is 1. The number of hydrogen-bond donors (Lipinski definition) is 2. The van der Waals surface area contributed by atoms with E-state index in [0.717, 1.165) is 29.1 Å². The molecular weight excluding hydrogens is 228 g/mol. The van der Waals surface area contributed by atoms with Crippen LogP contribution in [-0.4, -0.2) is 38.8 Å². The highest BCUT2D eigenvalue weighted by atomic mass is 16.6. The van der Waals surface area contributed by atoms with Crippen molar-refractivity contribution in [3.05, 3.63) is 22.7 Å². The van der Waals surface area contributed by atoms with E-state index in [1.807, 2.05) is 32.8 Å². The van der Waals surface area contributed by atoms with Gasteiger partial charge >= 0.3 is 0 Å². The maximum atomic E-state index is 6.28. The highest BCUT2D eigenvalue weighted by molar-refractivity contribution is 5.34. The predicted molar refractivity (Wildman–Crippen MR) is 77.0 cm³/mol. The van der Waals surface area contributed by atoms with Crippen molar-refractivity contribution in [1.29, 1.82) is 0 Å². The summed E-state index contributed by atoms with van der Waals surface area (Å²) in [6.07, 6.45) is 0.823. The van der Waals surface area contributed by atoms with Crippen LogP contribution >= 0.6 is 0 Å². The van der Waals surface area contributed by atoms with Gasteiger partial charge in [-0.25, -0.2) is 4.99 Å². The molecule has 0 saturated heterocycles. The van der Waals surface area contributed by atoms with Crippen LogP contribution in [0.3, 0.4) is 0 Å². The average molecular weight is 254 g/mol. The van der Waals surface area contributed by atoms with Crippen LogP contribution in [-0.2, 0) is 4.84 Å². The Morgan fingerprint density at radius 3 is 2.33 bits per heavy atom. The number of hydrogen-bond acceptors (Lipinski definition) is 5. The van der Waals surface area contributed by atoms with Crippen LogP contribution in [0.15, 0.2) is 27.7 Å². The fourth-order valence-corrected chi connectivity index (χ4v) is 1.93. The molecule has 0 bridgehead atoms. The van der Waals surface area contributed by atoms with Gasteiger partial charge in [0.15, 0.2) is 0 Å². The maximum Gasteiger partial charge on any atom is 0.128 e. The van der Waals surface area contributed by atoms with E-state index in [9.17, 15) is 0 Å². The van der Waals surface area contributed by atoms with Gasteiger partial charge in [-0.05, 0) is 38.1 Å². The van der Waals surface area contributed by atoms with Crippen LogP contribution < -0.4 is 11.2 Å². The molecule has 3 N–H and O–H groups in total. The first-order valence-corrected chi connectivity index (χ1v) is 6.04. The Hall–Kier alpha value is -1.33. The zero-order chi connectivity index (χ0) is 14.3. The quantitative estimate of drug-likeness (QED) is 0.412. The SMILES string of the molecule is C=N/C(=C(/C)C(N)/C(CC)=C(\C)ONC)N(C)C. The first-order chi connectivity index (χ1) is 8.40. The molecular formula is C13H26N4O. The first-order valence-electron chi connectivity index (χ1n) is 6.04. The zero-order valence-electron chi connectivity index (χ0n) is 12.4. The smallest absolute Gasteiger partial charge is 0.128 e. The van der Waals surface area contributed by atoms with Gasteiger partial charge in [0.25, 0.3) is 0 Å². The molecule has 0 aromatic carbocycles. The van der Waals surface area contributed by atoms with Gasteiger partial charge in [0, 0.05) is 21.1 Å². The summed E-state index contributed by atoms with van der Waals surface area (Å²) in [5.41, 5.74) is 11.0. The third kappa shape index (κ3) is 4.16. The lowest BCUT2D eigenvalue weighted by atomic mass is 9.97. The summed E-state index contributed by atoms with van der Waals surface area (Å²) in [5, 5.41) is 0. The molecule has 0 aliphatic heterocycles. The molecule has 0 heterocycles. The number of rotatable bonds is 7. The molecule has 0 spiro atoms. The van der Waals surface area contributed by atoms with Crippen LogP contribution in [0.5, 0.6) is 0 Å². The van der Waals surface area contributed by atoms with E-state index < -0.39 is 0 Å². The summed E-state index contributed by atoms with van der Waals surface area (Å²) < 4.78 is 0. The highest BCUT2D eigenvalue weighted by Gasteiger charge is 2.17.